The molecule has 2 heterocycles. The molecule has 1 saturated carbocycles. The van der Waals surface area contributed by atoms with E-state index in [0.717, 1.165) is 0 Å². The second-order valence-electron chi connectivity index (χ2n) is 10.5. The van der Waals surface area contributed by atoms with E-state index in [1.807, 2.05) is 0 Å². The van der Waals surface area contributed by atoms with Crippen molar-refractivity contribution in [2.45, 2.75) is 69.7 Å². The maximum atomic E-state index is 2.89. The summed E-state index contributed by atoms with van der Waals surface area (Å²) in [5.74, 6) is 0.639. The molecule has 3 aliphatic rings. The molecule has 0 radical (unpaired) electrons. The monoisotopic (exact) mass is 448 g/mol. The summed E-state index contributed by atoms with van der Waals surface area (Å²) in [6.45, 7) is 4.69. The van der Waals surface area contributed by atoms with Gasteiger partial charge in [0.05, 0.1) is 11.6 Å². The van der Waals surface area contributed by atoms with E-state index in [1.54, 1.807) is 0 Å². The fourth-order valence-electron chi connectivity index (χ4n) is 7.18. The molecule has 0 amide bonds. The minimum Gasteiger partial charge on any atom is -0.347 e. The highest BCUT2D eigenvalue weighted by Gasteiger charge is 2.59. The molecular weight excluding hydrogens is 412 g/mol. The third kappa shape index (κ3) is 3.26. The van der Waals surface area contributed by atoms with Crippen molar-refractivity contribution in [2.75, 3.05) is 4.90 Å². The predicted octanol–water partition coefficient (Wildman–Crippen LogP) is 7.62. The van der Waals surface area contributed by atoms with Crippen molar-refractivity contribution in [2.24, 2.45) is 5.92 Å². The Morgan fingerprint density at radius 2 is 1.41 bits per heavy atom. The van der Waals surface area contributed by atoms with Crippen LogP contribution >= 0.6 is 0 Å². The summed E-state index contributed by atoms with van der Waals surface area (Å²) >= 11 is 0. The molecule has 2 heteroatoms. The lowest BCUT2D eigenvalue weighted by molar-refractivity contribution is 0.0342. The van der Waals surface area contributed by atoms with E-state index in [1.165, 1.54) is 54.5 Å². The number of aryl methyl sites for hydroxylation is 1. The summed E-state index contributed by atoms with van der Waals surface area (Å²) in [5.41, 5.74) is 5.49. The van der Waals surface area contributed by atoms with Crippen molar-refractivity contribution in [1.29, 1.82) is 0 Å². The van der Waals surface area contributed by atoms with Crippen LogP contribution in [0.2, 0.25) is 0 Å². The van der Waals surface area contributed by atoms with Crippen LogP contribution in [0.4, 0.5) is 5.69 Å². The molecule has 1 aliphatic carbocycles. The lowest BCUT2D eigenvalue weighted by atomic mass is 9.70. The topological polar surface area (TPSA) is 6.48 Å². The molecule has 1 saturated heterocycles. The minimum atomic E-state index is -0.0709. The standard InChI is InChI=1S/C32H36N2/c1-24-14-12-13-21-29(24)33-25(2)30-22-23-32(27-17-8-4-9-18-27,28-19-10-5-11-20-28)34(30)31(33)26-15-6-3-7-16-26/h3-4,6-9,12-18,21-23,25,28,30-31H,5,10-11,19-20H2,1-2H3/t25-,30?,31?,32?/m0/s1. The lowest BCUT2D eigenvalue weighted by Gasteiger charge is -2.49. The van der Waals surface area contributed by atoms with E-state index < -0.39 is 0 Å². The van der Waals surface area contributed by atoms with Crippen molar-refractivity contribution in [3.8, 4) is 0 Å². The van der Waals surface area contributed by atoms with E-state index in [0.29, 0.717) is 18.0 Å². The summed E-state index contributed by atoms with van der Waals surface area (Å²) in [5, 5.41) is 0. The Morgan fingerprint density at radius 3 is 2.12 bits per heavy atom. The zero-order valence-electron chi connectivity index (χ0n) is 20.5. The van der Waals surface area contributed by atoms with Crippen LogP contribution in [0, 0.1) is 12.8 Å². The Morgan fingerprint density at radius 1 is 0.765 bits per heavy atom. The Kier molecular flexibility index (Phi) is 5.57. The minimum absolute atomic E-state index is 0.0709. The number of para-hydroxylation sites is 1. The number of benzene rings is 3. The van der Waals surface area contributed by atoms with E-state index in [4.69, 9.17) is 0 Å². The molecule has 3 aromatic rings. The van der Waals surface area contributed by atoms with Gasteiger partial charge in [0.1, 0.15) is 6.17 Å². The van der Waals surface area contributed by atoms with Gasteiger partial charge in [-0.3, -0.25) is 4.90 Å². The number of hydrogen-bond acceptors (Lipinski definition) is 2. The van der Waals surface area contributed by atoms with E-state index in [2.05, 4.69) is 121 Å². The molecular formula is C32H36N2. The molecule has 2 fully saturated rings. The maximum Gasteiger partial charge on any atom is 0.110 e. The van der Waals surface area contributed by atoms with Gasteiger partial charge in [-0.1, -0.05) is 110 Å². The van der Waals surface area contributed by atoms with Crippen LogP contribution < -0.4 is 4.90 Å². The first-order valence-electron chi connectivity index (χ1n) is 13.1. The SMILES string of the molecule is Cc1ccccc1N1C(c2ccccc2)N2C(C=CC2(c2ccccc2)C2CCCCC2)[C@@H]1C. The van der Waals surface area contributed by atoms with Crippen LogP contribution in [0.3, 0.4) is 0 Å². The van der Waals surface area contributed by atoms with Gasteiger partial charge in [0.25, 0.3) is 0 Å². The second-order valence-corrected chi connectivity index (χ2v) is 10.5. The number of fused-ring (bicyclic) bond motifs is 1. The molecule has 0 aromatic heterocycles. The zero-order valence-corrected chi connectivity index (χ0v) is 20.5. The van der Waals surface area contributed by atoms with E-state index in [-0.39, 0.29) is 11.7 Å². The van der Waals surface area contributed by atoms with Gasteiger partial charge in [0.2, 0.25) is 0 Å². The van der Waals surface area contributed by atoms with Crippen LogP contribution in [-0.2, 0) is 5.54 Å². The molecule has 2 aliphatic heterocycles. The Hall–Kier alpha value is -2.84. The van der Waals surface area contributed by atoms with Crippen LogP contribution in [0.1, 0.15) is 61.9 Å². The van der Waals surface area contributed by atoms with Crippen molar-refractivity contribution in [3.63, 3.8) is 0 Å². The highest BCUT2D eigenvalue weighted by molar-refractivity contribution is 5.59. The average molecular weight is 449 g/mol. The van der Waals surface area contributed by atoms with Gasteiger partial charge in [0, 0.05) is 11.7 Å². The average Bonchev–Trinajstić information content (AvgIpc) is 3.43. The molecule has 3 aromatic carbocycles. The highest BCUT2D eigenvalue weighted by atomic mass is 15.5. The Labute approximate surface area is 204 Å². The lowest BCUT2D eigenvalue weighted by Crippen LogP contribution is -2.51. The summed E-state index contributed by atoms with van der Waals surface area (Å²) in [7, 11) is 0. The number of rotatable bonds is 4. The number of anilines is 1. The van der Waals surface area contributed by atoms with Crippen LogP contribution in [0.15, 0.2) is 97.1 Å². The predicted molar refractivity (Wildman–Crippen MR) is 142 cm³/mol. The first-order valence-corrected chi connectivity index (χ1v) is 13.1. The zero-order chi connectivity index (χ0) is 23.1. The smallest absolute Gasteiger partial charge is 0.110 e. The van der Waals surface area contributed by atoms with Crippen LogP contribution in [-0.4, -0.2) is 17.0 Å². The summed E-state index contributed by atoms with van der Waals surface area (Å²) in [4.78, 5) is 5.60. The summed E-state index contributed by atoms with van der Waals surface area (Å²) in [6, 6.07) is 32.3. The van der Waals surface area contributed by atoms with Gasteiger partial charge in [0.15, 0.2) is 0 Å². The normalized spacial score (nSPS) is 29.5. The maximum absolute atomic E-state index is 2.89. The molecule has 6 rings (SSSR count). The van der Waals surface area contributed by atoms with Crippen molar-refractivity contribution in [3.05, 3.63) is 114 Å². The largest absolute Gasteiger partial charge is 0.347 e. The number of hydrogen-bond donors (Lipinski definition) is 0. The second kappa shape index (κ2) is 8.74. The first-order chi connectivity index (χ1) is 16.7. The molecule has 3 unspecified atom stereocenters. The van der Waals surface area contributed by atoms with Gasteiger partial charge < -0.3 is 4.90 Å². The van der Waals surface area contributed by atoms with Crippen molar-refractivity contribution >= 4 is 5.69 Å². The fraction of sp³-hybridized carbons (Fsp3) is 0.375. The van der Waals surface area contributed by atoms with Crippen LogP contribution in [0.25, 0.3) is 0 Å². The van der Waals surface area contributed by atoms with Gasteiger partial charge in [-0.2, -0.15) is 0 Å². The van der Waals surface area contributed by atoms with Gasteiger partial charge in [-0.25, -0.2) is 0 Å². The third-order valence-corrected chi connectivity index (χ3v) is 8.71. The first kappa shape index (κ1) is 21.7. The molecule has 2 nitrogen and oxygen atoms in total. The molecule has 174 valence electrons. The summed E-state index contributed by atoms with van der Waals surface area (Å²) < 4.78 is 0. The van der Waals surface area contributed by atoms with Crippen LogP contribution in [0.5, 0.6) is 0 Å². The Balaban J connectivity index is 1.57. The molecule has 4 atom stereocenters. The molecule has 0 spiro atoms. The van der Waals surface area contributed by atoms with Gasteiger partial charge >= 0.3 is 0 Å². The van der Waals surface area contributed by atoms with Crippen molar-refractivity contribution in [1.82, 2.24) is 4.90 Å². The fourth-order valence-corrected chi connectivity index (χ4v) is 7.18. The molecule has 0 N–H and O–H groups in total. The Bertz CT molecular complexity index is 1150. The van der Waals surface area contributed by atoms with E-state index >= 15 is 0 Å². The number of nitrogens with zero attached hydrogens (tertiary/aromatic N) is 2. The molecule has 0 bridgehead atoms. The quantitative estimate of drug-likeness (QED) is 0.379. The summed E-state index contributed by atoms with van der Waals surface area (Å²) in [6.07, 6.45) is 12.0. The third-order valence-electron chi connectivity index (χ3n) is 8.71. The van der Waals surface area contributed by atoms with Gasteiger partial charge in [-0.15, -0.1) is 0 Å². The molecule has 34 heavy (non-hydrogen) atoms. The highest BCUT2D eigenvalue weighted by Crippen LogP contribution is 2.57. The van der Waals surface area contributed by atoms with Gasteiger partial charge in [-0.05, 0) is 55.4 Å². The van der Waals surface area contributed by atoms with E-state index in [9.17, 15) is 0 Å². The van der Waals surface area contributed by atoms with Crippen molar-refractivity contribution < 1.29 is 0 Å².